The van der Waals surface area contributed by atoms with E-state index in [1.54, 1.807) is 0 Å². The number of aliphatic carboxylic acids is 1. The molecule has 1 aromatic rings. The van der Waals surface area contributed by atoms with Crippen LogP contribution in [0.1, 0.15) is 29.6 Å². The van der Waals surface area contributed by atoms with Crippen molar-refractivity contribution >= 4 is 40.2 Å². The third-order valence-corrected chi connectivity index (χ3v) is 4.15. The topological polar surface area (TPSA) is 101 Å². The fourth-order valence-electron chi connectivity index (χ4n) is 2.00. The summed E-state index contributed by atoms with van der Waals surface area (Å²) in [7, 11) is 0. The van der Waals surface area contributed by atoms with E-state index in [1.165, 1.54) is 23.1 Å². The lowest BCUT2D eigenvalue weighted by Crippen LogP contribution is -2.35. The summed E-state index contributed by atoms with van der Waals surface area (Å²) in [5.74, 6) is -1.31. The normalized spacial score (nSPS) is 13.8. The number of carboxylic acid groups (broad SMARTS) is 1. The van der Waals surface area contributed by atoms with Gasteiger partial charge in [0.25, 0.3) is 11.6 Å². The van der Waals surface area contributed by atoms with Crippen LogP contribution in [-0.4, -0.2) is 39.4 Å². The van der Waals surface area contributed by atoms with Crippen molar-refractivity contribution in [3.63, 3.8) is 0 Å². The lowest BCUT2D eigenvalue weighted by molar-refractivity contribution is -0.384. The Kier molecular flexibility index (Phi) is 4.76. The summed E-state index contributed by atoms with van der Waals surface area (Å²) in [6, 6.07) is 4.16. The second kappa shape index (κ2) is 6.37. The number of carbonyl (C=O) groups excluding carboxylic acids is 1. The van der Waals surface area contributed by atoms with Crippen LogP contribution in [0.2, 0.25) is 0 Å². The molecule has 1 saturated carbocycles. The Bertz CT molecular complexity index is 600. The number of carboxylic acids is 1. The fourth-order valence-corrected chi connectivity index (χ4v) is 2.56. The second-order valence-electron chi connectivity index (χ2n) is 4.79. The van der Waals surface area contributed by atoms with E-state index in [1.807, 2.05) is 22.6 Å². The molecule has 0 aliphatic heterocycles. The molecule has 0 spiro atoms. The van der Waals surface area contributed by atoms with Gasteiger partial charge in [-0.05, 0) is 41.5 Å². The third-order valence-electron chi connectivity index (χ3n) is 3.21. The first-order chi connectivity index (χ1) is 9.90. The van der Waals surface area contributed by atoms with Crippen LogP contribution in [0.3, 0.4) is 0 Å². The predicted molar refractivity (Wildman–Crippen MR) is 82.1 cm³/mol. The van der Waals surface area contributed by atoms with Crippen LogP contribution in [0.15, 0.2) is 18.2 Å². The van der Waals surface area contributed by atoms with Gasteiger partial charge in [0.15, 0.2) is 0 Å². The van der Waals surface area contributed by atoms with Crippen LogP contribution in [0.25, 0.3) is 0 Å². The number of non-ortho nitro benzene ring substituents is 1. The summed E-state index contributed by atoms with van der Waals surface area (Å²) in [5.41, 5.74) is 0.106. The average Bonchev–Trinajstić information content (AvgIpc) is 3.23. The highest BCUT2D eigenvalue weighted by Gasteiger charge is 2.34. The van der Waals surface area contributed by atoms with E-state index in [2.05, 4.69) is 0 Å². The number of rotatable bonds is 6. The summed E-state index contributed by atoms with van der Waals surface area (Å²) in [6.07, 6.45) is 1.56. The molecule has 0 heterocycles. The standard InChI is InChI=1S/C13H13IN2O5/c14-11-4-3-9(16(20)21)7-10(11)13(19)15(8-1-2-8)6-5-12(17)18/h3-4,7-8H,1-2,5-6H2,(H,17,18). The Hall–Kier alpha value is -1.71. The lowest BCUT2D eigenvalue weighted by Gasteiger charge is -2.22. The first kappa shape index (κ1) is 15.7. The molecular weight excluding hydrogens is 391 g/mol. The number of nitrogens with zero attached hydrogens (tertiary/aromatic N) is 2. The monoisotopic (exact) mass is 404 g/mol. The van der Waals surface area contributed by atoms with Crippen molar-refractivity contribution in [2.45, 2.75) is 25.3 Å². The van der Waals surface area contributed by atoms with Crippen molar-refractivity contribution in [1.29, 1.82) is 0 Å². The molecule has 0 atom stereocenters. The van der Waals surface area contributed by atoms with E-state index in [4.69, 9.17) is 5.11 Å². The van der Waals surface area contributed by atoms with Gasteiger partial charge in [-0.3, -0.25) is 19.7 Å². The SMILES string of the molecule is O=C(O)CCN(C(=O)c1cc([N+](=O)[O-])ccc1I)C1CC1. The summed E-state index contributed by atoms with van der Waals surface area (Å²) in [5, 5.41) is 19.6. The molecule has 0 bridgehead atoms. The summed E-state index contributed by atoms with van der Waals surface area (Å²) >= 11 is 1.95. The van der Waals surface area contributed by atoms with Gasteiger partial charge in [0, 0.05) is 28.3 Å². The second-order valence-corrected chi connectivity index (χ2v) is 5.96. The van der Waals surface area contributed by atoms with Crippen LogP contribution >= 0.6 is 22.6 Å². The minimum atomic E-state index is -0.970. The van der Waals surface area contributed by atoms with Crippen molar-refractivity contribution in [3.05, 3.63) is 37.4 Å². The molecule has 8 heteroatoms. The van der Waals surface area contributed by atoms with E-state index >= 15 is 0 Å². The molecule has 21 heavy (non-hydrogen) atoms. The number of benzene rings is 1. The molecule has 0 unspecified atom stereocenters. The van der Waals surface area contributed by atoms with E-state index in [0.29, 0.717) is 3.57 Å². The Balaban J connectivity index is 2.25. The molecule has 112 valence electrons. The zero-order chi connectivity index (χ0) is 15.6. The quantitative estimate of drug-likeness (QED) is 0.446. The minimum Gasteiger partial charge on any atom is -0.481 e. The Morgan fingerprint density at radius 2 is 2.10 bits per heavy atom. The van der Waals surface area contributed by atoms with Crippen LogP contribution in [0.5, 0.6) is 0 Å². The number of hydrogen-bond acceptors (Lipinski definition) is 4. The number of hydrogen-bond donors (Lipinski definition) is 1. The Morgan fingerprint density at radius 3 is 2.62 bits per heavy atom. The zero-order valence-electron chi connectivity index (χ0n) is 11.0. The van der Waals surface area contributed by atoms with Crippen LogP contribution in [0, 0.1) is 13.7 Å². The lowest BCUT2D eigenvalue weighted by atomic mass is 10.1. The first-order valence-electron chi connectivity index (χ1n) is 6.37. The van der Waals surface area contributed by atoms with E-state index in [9.17, 15) is 19.7 Å². The van der Waals surface area contributed by atoms with Gasteiger partial charge >= 0.3 is 5.97 Å². The van der Waals surface area contributed by atoms with E-state index < -0.39 is 10.9 Å². The van der Waals surface area contributed by atoms with Crippen molar-refractivity contribution < 1.29 is 19.6 Å². The van der Waals surface area contributed by atoms with Gasteiger partial charge in [-0.15, -0.1) is 0 Å². The molecule has 0 aromatic heterocycles. The van der Waals surface area contributed by atoms with Gasteiger partial charge in [-0.2, -0.15) is 0 Å². The highest BCUT2D eigenvalue weighted by Crippen LogP contribution is 2.30. The number of nitro benzene ring substituents is 1. The molecule has 1 fully saturated rings. The van der Waals surface area contributed by atoms with Crippen molar-refractivity contribution in [3.8, 4) is 0 Å². The highest BCUT2D eigenvalue weighted by atomic mass is 127. The summed E-state index contributed by atoms with van der Waals surface area (Å²) in [6.45, 7) is 0.123. The fraction of sp³-hybridized carbons (Fsp3) is 0.385. The summed E-state index contributed by atoms with van der Waals surface area (Å²) < 4.78 is 0.615. The van der Waals surface area contributed by atoms with Gasteiger partial charge in [0.05, 0.1) is 16.9 Å². The molecule has 0 radical (unpaired) electrons. The Labute approximate surface area is 134 Å². The minimum absolute atomic E-state index is 0.0481. The summed E-state index contributed by atoms with van der Waals surface area (Å²) in [4.78, 5) is 35.0. The van der Waals surface area contributed by atoms with Gasteiger partial charge in [-0.25, -0.2) is 0 Å². The predicted octanol–water partition coefficient (Wildman–Crippen LogP) is 2.28. The van der Waals surface area contributed by atoms with Gasteiger partial charge in [0.2, 0.25) is 0 Å². The van der Waals surface area contributed by atoms with Crippen LogP contribution < -0.4 is 0 Å². The van der Waals surface area contributed by atoms with Crippen molar-refractivity contribution in [2.75, 3.05) is 6.54 Å². The number of halogens is 1. The van der Waals surface area contributed by atoms with Crippen LogP contribution in [-0.2, 0) is 4.79 Å². The number of carbonyl (C=O) groups is 2. The maximum Gasteiger partial charge on any atom is 0.305 e. The van der Waals surface area contributed by atoms with Crippen molar-refractivity contribution in [2.24, 2.45) is 0 Å². The molecule has 1 aliphatic carbocycles. The molecule has 7 nitrogen and oxygen atoms in total. The van der Waals surface area contributed by atoms with E-state index in [0.717, 1.165) is 12.8 Å². The number of amides is 1. The number of nitro groups is 1. The first-order valence-corrected chi connectivity index (χ1v) is 7.44. The molecule has 1 N–H and O–H groups in total. The van der Waals surface area contributed by atoms with Gasteiger partial charge in [0.1, 0.15) is 0 Å². The average molecular weight is 404 g/mol. The molecular formula is C13H13IN2O5. The van der Waals surface area contributed by atoms with Gasteiger partial charge < -0.3 is 10.0 Å². The molecule has 1 aromatic carbocycles. The van der Waals surface area contributed by atoms with Gasteiger partial charge in [-0.1, -0.05) is 0 Å². The molecule has 0 saturated heterocycles. The van der Waals surface area contributed by atoms with E-state index in [-0.39, 0.29) is 36.2 Å². The molecule has 1 aliphatic rings. The largest absolute Gasteiger partial charge is 0.481 e. The van der Waals surface area contributed by atoms with Crippen molar-refractivity contribution in [1.82, 2.24) is 4.90 Å². The molecule has 2 rings (SSSR count). The molecule has 1 amide bonds. The maximum atomic E-state index is 12.5. The highest BCUT2D eigenvalue weighted by molar-refractivity contribution is 14.1. The third kappa shape index (κ3) is 3.90. The van der Waals surface area contributed by atoms with Crippen LogP contribution in [0.4, 0.5) is 5.69 Å². The Morgan fingerprint density at radius 1 is 1.43 bits per heavy atom. The maximum absolute atomic E-state index is 12.5. The zero-order valence-corrected chi connectivity index (χ0v) is 13.1. The smallest absolute Gasteiger partial charge is 0.305 e.